The van der Waals surface area contributed by atoms with Crippen LogP contribution in [0.15, 0.2) is 21.7 Å². The summed E-state index contributed by atoms with van der Waals surface area (Å²) in [7, 11) is -4.92. The molecule has 1 aromatic rings. The number of H-pyrrole nitrogens is 1. The fourth-order valence-corrected chi connectivity index (χ4v) is 3.44. The standard InChI is InChI=1S/C17H19Cl2N5O3.H2O4S/c1-3-23(4-2)7-9(25)8-24-13-6-11(19)10(18)5-12(13)20-14-15(24)21-17(27)22-16(14)26;1-5(2,3)4/h5-6,9,25H,3-4,7-8H2,1-2H3,(H,22,26,27);(H2,1,2,3,4). The van der Waals surface area contributed by atoms with Crippen LogP contribution in [-0.4, -0.2) is 67.9 Å². The molecule has 0 saturated heterocycles. The van der Waals surface area contributed by atoms with E-state index >= 15 is 0 Å². The minimum absolute atomic E-state index is 0.00266. The van der Waals surface area contributed by atoms with Gasteiger partial charge in [0, 0.05) is 0 Å². The van der Waals surface area contributed by atoms with Gasteiger partial charge in [0.15, 0.2) is 11.5 Å². The first-order chi connectivity index (χ1) is 14.8. The Kier molecular flexibility index (Phi) is 8.70. The van der Waals surface area contributed by atoms with Gasteiger partial charge < -0.3 is 19.1 Å². The molecular formula is C17H21Cl2N5O7S. The molecule has 3 rings (SSSR count). The van der Waals surface area contributed by atoms with Crippen LogP contribution in [0.1, 0.15) is 13.8 Å². The first-order valence-corrected chi connectivity index (χ1v) is 11.5. The zero-order valence-corrected chi connectivity index (χ0v) is 19.3. The number of fused-ring (bicyclic) bond motifs is 2. The van der Waals surface area contributed by atoms with Crippen LogP contribution < -0.4 is 16.1 Å². The van der Waals surface area contributed by atoms with Crippen LogP contribution in [-0.2, 0) is 16.9 Å². The van der Waals surface area contributed by atoms with E-state index in [1.807, 2.05) is 13.8 Å². The van der Waals surface area contributed by atoms with Crippen molar-refractivity contribution in [1.29, 1.82) is 0 Å². The summed E-state index contributed by atoms with van der Waals surface area (Å²) in [6.45, 7) is 6.48. The molecule has 0 fully saturated rings. The monoisotopic (exact) mass is 509 g/mol. The number of rotatable bonds is 6. The third-order valence-electron chi connectivity index (χ3n) is 4.57. The molecule has 0 aliphatic carbocycles. The molecular weight excluding hydrogens is 489 g/mol. The van der Waals surface area contributed by atoms with Crippen LogP contribution in [0.25, 0.3) is 22.6 Å². The molecule has 0 radical (unpaired) electrons. The number of quaternary nitrogens is 1. The zero-order chi connectivity index (χ0) is 24.2. The van der Waals surface area contributed by atoms with Crippen LogP contribution in [0.4, 0.5) is 0 Å². The number of nitrogens with zero attached hydrogens (tertiary/aromatic N) is 3. The largest absolute Gasteiger partial charge is 0.726 e. The predicted molar refractivity (Wildman–Crippen MR) is 116 cm³/mol. The highest BCUT2D eigenvalue weighted by Crippen LogP contribution is 2.29. The third-order valence-corrected chi connectivity index (χ3v) is 5.29. The Hall–Kier alpha value is -2.13. The Labute approximate surface area is 192 Å². The first kappa shape index (κ1) is 26.1. The van der Waals surface area contributed by atoms with Crippen molar-refractivity contribution in [2.45, 2.75) is 26.5 Å². The number of likely N-dealkylation sites (N-methyl/N-ethyl adjacent to an activating group) is 1. The van der Waals surface area contributed by atoms with Crippen LogP contribution in [0.2, 0.25) is 10.0 Å². The second-order valence-electron chi connectivity index (χ2n) is 6.76. The molecule has 0 spiro atoms. The number of aliphatic hydroxyl groups is 1. The number of aromatic amines is 1. The Morgan fingerprint density at radius 1 is 1.19 bits per heavy atom. The van der Waals surface area contributed by atoms with Crippen molar-refractivity contribution < 1.29 is 27.5 Å². The van der Waals surface area contributed by atoms with Gasteiger partial charge in [0.05, 0.1) is 40.7 Å². The average molecular weight is 510 g/mol. The molecule has 2 heterocycles. The molecule has 1 atom stereocenters. The van der Waals surface area contributed by atoms with Gasteiger partial charge in [-0.3, -0.25) is 14.3 Å². The zero-order valence-electron chi connectivity index (χ0n) is 17.0. The highest BCUT2D eigenvalue weighted by atomic mass is 35.5. The molecule has 176 valence electrons. The molecule has 15 heteroatoms. The average Bonchev–Trinajstić information content (AvgIpc) is 2.67. The van der Waals surface area contributed by atoms with E-state index in [1.54, 1.807) is 16.7 Å². The Balaban J connectivity index is 0.000000654. The fourth-order valence-electron chi connectivity index (χ4n) is 3.12. The van der Waals surface area contributed by atoms with Gasteiger partial charge in [-0.25, -0.2) is 18.2 Å². The normalized spacial score (nSPS) is 12.8. The summed E-state index contributed by atoms with van der Waals surface area (Å²) in [4.78, 5) is 35.5. The van der Waals surface area contributed by atoms with E-state index in [2.05, 4.69) is 15.0 Å². The van der Waals surface area contributed by atoms with E-state index in [0.717, 1.165) is 13.1 Å². The molecule has 2 aliphatic heterocycles. The van der Waals surface area contributed by atoms with Gasteiger partial charge in [0.25, 0.3) is 5.56 Å². The fraction of sp³-hybridized carbons (Fsp3) is 0.412. The molecule has 12 nitrogen and oxygen atoms in total. The number of hydrogen-bond donors (Lipinski definition) is 4. The lowest BCUT2D eigenvalue weighted by atomic mass is 10.2. The number of halogens is 2. The maximum atomic E-state index is 12.2. The summed E-state index contributed by atoms with van der Waals surface area (Å²) < 4.78 is 34.4. The van der Waals surface area contributed by atoms with Gasteiger partial charge in [0.1, 0.15) is 12.6 Å². The van der Waals surface area contributed by atoms with Crippen LogP contribution in [0, 0.1) is 0 Å². The lowest BCUT2D eigenvalue weighted by Gasteiger charge is -2.22. The van der Waals surface area contributed by atoms with Gasteiger partial charge in [0.2, 0.25) is 10.4 Å². The lowest BCUT2D eigenvalue weighted by Crippen LogP contribution is -3.12. The van der Waals surface area contributed by atoms with E-state index in [0.29, 0.717) is 27.6 Å². The predicted octanol–water partition coefficient (Wildman–Crippen LogP) is -0.818. The topological polar surface area (TPSA) is 183 Å². The molecule has 4 N–H and O–H groups in total. The van der Waals surface area contributed by atoms with E-state index in [4.69, 9.17) is 40.7 Å². The summed E-state index contributed by atoms with van der Waals surface area (Å²) in [5.41, 5.74) is -0.460. The van der Waals surface area contributed by atoms with Crippen molar-refractivity contribution in [2.24, 2.45) is 0 Å². The quantitative estimate of drug-likeness (QED) is 0.187. The number of hydrogen-bond acceptors (Lipinski definition) is 8. The van der Waals surface area contributed by atoms with Crippen molar-refractivity contribution in [3.8, 4) is 11.5 Å². The van der Waals surface area contributed by atoms with Crippen LogP contribution >= 0.6 is 23.2 Å². The van der Waals surface area contributed by atoms with E-state index in [9.17, 15) is 14.7 Å². The van der Waals surface area contributed by atoms with Crippen molar-refractivity contribution in [3.63, 3.8) is 0 Å². The maximum Gasteiger partial charge on any atom is 0.349 e. The molecule has 1 aromatic carbocycles. The smallest absolute Gasteiger partial charge is 0.349 e. The highest BCUT2D eigenvalue weighted by molar-refractivity contribution is 7.79. The molecule has 0 aromatic heterocycles. The maximum absolute atomic E-state index is 12.2. The summed E-state index contributed by atoms with van der Waals surface area (Å²) in [5.74, 6) is 0.100. The van der Waals surface area contributed by atoms with E-state index in [1.165, 1.54) is 4.90 Å². The van der Waals surface area contributed by atoms with Gasteiger partial charge in [-0.05, 0) is 26.0 Å². The van der Waals surface area contributed by atoms with Gasteiger partial charge in [-0.2, -0.15) is 4.98 Å². The molecule has 2 aliphatic rings. The number of aliphatic hydroxyl groups excluding tert-OH is 1. The summed E-state index contributed by atoms with van der Waals surface area (Å²) >= 11 is 12.2. The third kappa shape index (κ3) is 6.93. The molecule has 1 unspecified atom stereocenters. The molecule has 0 amide bonds. The van der Waals surface area contributed by atoms with Crippen LogP contribution in [0.5, 0.6) is 0 Å². The SMILES string of the molecule is CC[NH+](CC)CC(O)Cn1c2nc(=O)[nH]c(=O)c-2nc2cc(Cl)c(Cl)cc21.O=S(=O)([O-])O. The van der Waals surface area contributed by atoms with Crippen molar-refractivity contribution in [1.82, 2.24) is 19.5 Å². The summed E-state index contributed by atoms with van der Waals surface area (Å²) in [6.07, 6.45) is -0.718. The number of benzene rings is 1. The molecule has 0 saturated carbocycles. The first-order valence-electron chi connectivity index (χ1n) is 9.33. The highest BCUT2D eigenvalue weighted by Gasteiger charge is 2.22. The van der Waals surface area contributed by atoms with Crippen molar-refractivity contribution >= 4 is 44.6 Å². The minimum Gasteiger partial charge on any atom is -0.726 e. The number of nitrogens with one attached hydrogen (secondary N) is 2. The summed E-state index contributed by atoms with van der Waals surface area (Å²) in [6, 6.07) is 3.14. The van der Waals surface area contributed by atoms with Gasteiger partial charge in [-0.1, -0.05) is 23.2 Å². The Bertz CT molecular complexity index is 1280. The molecule has 32 heavy (non-hydrogen) atoms. The minimum atomic E-state index is -4.92. The lowest BCUT2D eigenvalue weighted by molar-refractivity contribution is -0.899. The Morgan fingerprint density at radius 2 is 1.75 bits per heavy atom. The van der Waals surface area contributed by atoms with Crippen LogP contribution in [0.3, 0.4) is 0 Å². The van der Waals surface area contributed by atoms with Gasteiger partial charge >= 0.3 is 5.69 Å². The van der Waals surface area contributed by atoms with Crippen molar-refractivity contribution in [2.75, 3.05) is 19.6 Å². The van der Waals surface area contributed by atoms with E-state index in [-0.39, 0.29) is 18.1 Å². The van der Waals surface area contributed by atoms with Crippen molar-refractivity contribution in [3.05, 3.63) is 43.0 Å². The molecule has 0 bridgehead atoms. The summed E-state index contributed by atoms with van der Waals surface area (Å²) in [5, 5.41) is 11.2. The van der Waals surface area contributed by atoms with Gasteiger partial charge in [-0.15, -0.1) is 0 Å². The second-order valence-corrected chi connectivity index (χ2v) is 8.43. The van der Waals surface area contributed by atoms with E-state index < -0.39 is 27.8 Å². The second kappa shape index (κ2) is 10.7. The Morgan fingerprint density at radius 3 is 2.31 bits per heavy atom. The number of aromatic nitrogens is 4.